The van der Waals surface area contributed by atoms with Gasteiger partial charge in [0.2, 0.25) is 0 Å². The Hall–Kier alpha value is -0.920. The average Bonchev–Trinajstić information content (AvgIpc) is 2.82. The minimum Gasteiger partial charge on any atom is -0.480 e. The lowest BCUT2D eigenvalue weighted by Crippen LogP contribution is -2.44. The van der Waals surface area contributed by atoms with Crippen molar-refractivity contribution >= 4 is 57.0 Å². The van der Waals surface area contributed by atoms with Gasteiger partial charge in [0.25, 0.3) is 0 Å². The van der Waals surface area contributed by atoms with Gasteiger partial charge in [-0.1, -0.05) is 11.6 Å². The van der Waals surface area contributed by atoms with Gasteiger partial charge < -0.3 is 15.3 Å². The molecule has 8 heteroatoms. The molecule has 1 aromatic carbocycles. The third kappa shape index (κ3) is 3.34. The van der Waals surface area contributed by atoms with Crippen molar-refractivity contribution in [2.24, 2.45) is 0 Å². The summed E-state index contributed by atoms with van der Waals surface area (Å²) in [5, 5.41) is 12.2. The zero-order valence-electron chi connectivity index (χ0n) is 9.60. The number of nitrogens with zero attached hydrogens (tertiary/aromatic N) is 1. The molecule has 0 saturated carbocycles. The van der Waals surface area contributed by atoms with Crippen molar-refractivity contribution in [2.45, 2.75) is 6.04 Å². The molecule has 1 aromatic rings. The summed E-state index contributed by atoms with van der Waals surface area (Å²) in [6.07, 6.45) is 0. The maximum absolute atomic E-state index is 12.1. The topological polar surface area (TPSA) is 69.6 Å². The molecule has 2 rings (SSSR count). The SMILES string of the molecule is O=C(O)C1CSCN1C(=O)Nc1ccc(Cl)cc1Br. The Kier molecular flexibility index (Phi) is 4.59. The Labute approximate surface area is 127 Å². The van der Waals surface area contributed by atoms with Crippen molar-refractivity contribution in [1.82, 2.24) is 4.90 Å². The monoisotopic (exact) mass is 364 g/mol. The number of carbonyl (C=O) groups excluding carboxylic acids is 1. The van der Waals surface area contributed by atoms with Crippen molar-refractivity contribution in [2.75, 3.05) is 16.9 Å². The molecule has 1 heterocycles. The summed E-state index contributed by atoms with van der Waals surface area (Å²) in [5.41, 5.74) is 0.551. The number of amides is 2. The molecule has 1 aliphatic rings. The molecular weight excluding hydrogens is 356 g/mol. The summed E-state index contributed by atoms with van der Waals surface area (Å²) in [5.74, 6) is -0.214. The molecule has 1 unspecified atom stereocenters. The number of carbonyl (C=O) groups is 2. The van der Waals surface area contributed by atoms with Crippen LogP contribution in [-0.2, 0) is 4.79 Å². The van der Waals surface area contributed by atoms with E-state index in [0.717, 1.165) is 0 Å². The number of carboxylic acid groups (broad SMARTS) is 1. The van der Waals surface area contributed by atoms with Crippen LogP contribution >= 0.6 is 39.3 Å². The van der Waals surface area contributed by atoms with E-state index < -0.39 is 18.0 Å². The molecule has 0 bridgehead atoms. The van der Waals surface area contributed by atoms with Crippen molar-refractivity contribution in [1.29, 1.82) is 0 Å². The summed E-state index contributed by atoms with van der Waals surface area (Å²) in [7, 11) is 0. The van der Waals surface area contributed by atoms with Crippen LogP contribution < -0.4 is 5.32 Å². The predicted molar refractivity (Wildman–Crippen MR) is 78.8 cm³/mol. The van der Waals surface area contributed by atoms with Crippen LogP contribution in [0.2, 0.25) is 5.02 Å². The first kappa shape index (κ1) is 14.5. The molecule has 0 aromatic heterocycles. The van der Waals surface area contributed by atoms with E-state index in [4.69, 9.17) is 16.7 Å². The van der Waals surface area contributed by atoms with Crippen LogP contribution in [-0.4, -0.2) is 39.7 Å². The number of aliphatic carboxylic acids is 1. The number of anilines is 1. The summed E-state index contributed by atoms with van der Waals surface area (Å²) >= 11 is 10.5. The number of benzene rings is 1. The predicted octanol–water partition coefficient (Wildman–Crippen LogP) is 3.09. The Morgan fingerprint density at radius 1 is 1.53 bits per heavy atom. The van der Waals surface area contributed by atoms with Crippen molar-refractivity contribution in [3.63, 3.8) is 0 Å². The number of hydrogen-bond acceptors (Lipinski definition) is 3. The van der Waals surface area contributed by atoms with Gasteiger partial charge in [0.15, 0.2) is 0 Å². The van der Waals surface area contributed by atoms with Crippen LogP contribution in [0.1, 0.15) is 0 Å². The normalized spacial score (nSPS) is 18.4. The Bertz CT molecular complexity index is 529. The second-order valence-electron chi connectivity index (χ2n) is 3.88. The van der Waals surface area contributed by atoms with Crippen LogP contribution in [0.25, 0.3) is 0 Å². The summed E-state index contributed by atoms with van der Waals surface area (Å²) in [4.78, 5) is 24.4. The third-order valence-corrected chi connectivity index (χ3v) is 4.50. The fraction of sp³-hybridized carbons (Fsp3) is 0.273. The molecule has 102 valence electrons. The molecule has 2 amide bonds. The fourth-order valence-electron chi connectivity index (χ4n) is 1.63. The third-order valence-electron chi connectivity index (χ3n) is 2.60. The molecule has 1 saturated heterocycles. The lowest BCUT2D eigenvalue weighted by molar-refractivity contribution is -0.140. The van der Waals surface area contributed by atoms with Crippen LogP contribution in [0.5, 0.6) is 0 Å². The highest BCUT2D eigenvalue weighted by Gasteiger charge is 2.34. The van der Waals surface area contributed by atoms with Crippen molar-refractivity contribution < 1.29 is 14.7 Å². The number of hydrogen-bond donors (Lipinski definition) is 2. The highest BCUT2D eigenvalue weighted by Crippen LogP contribution is 2.27. The molecule has 1 fully saturated rings. The first-order valence-electron chi connectivity index (χ1n) is 5.32. The molecule has 0 radical (unpaired) electrons. The molecule has 0 spiro atoms. The summed E-state index contributed by atoms with van der Waals surface area (Å²) < 4.78 is 0.645. The van der Waals surface area contributed by atoms with E-state index in [0.29, 0.717) is 26.8 Å². The van der Waals surface area contributed by atoms with E-state index in [2.05, 4.69) is 21.2 Å². The largest absolute Gasteiger partial charge is 0.480 e. The van der Waals surface area contributed by atoms with E-state index in [1.165, 1.54) is 16.7 Å². The Balaban J connectivity index is 2.10. The van der Waals surface area contributed by atoms with Crippen LogP contribution in [0, 0.1) is 0 Å². The fourth-order valence-corrected chi connectivity index (χ4v) is 3.55. The van der Waals surface area contributed by atoms with E-state index in [-0.39, 0.29) is 0 Å². The molecule has 0 aliphatic carbocycles. The number of nitrogens with one attached hydrogen (secondary N) is 1. The van der Waals surface area contributed by atoms with Crippen molar-refractivity contribution in [3.8, 4) is 0 Å². The zero-order chi connectivity index (χ0) is 14.0. The number of thioether (sulfide) groups is 1. The van der Waals surface area contributed by atoms with E-state index in [1.807, 2.05) is 0 Å². The van der Waals surface area contributed by atoms with Gasteiger partial charge >= 0.3 is 12.0 Å². The van der Waals surface area contributed by atoms with Gasteiger partial charge in [-0.25, -0.2) is 9.59 Å². The van der Waals surface area contributed by atoms with Gasteiger partial charge in [-0.3, -0.25) is 0 Å². The number of halogens is 2. The Morgan fingerprint density at radius 3 is 2.89 bits per heavy atom. The average molecular weight is 366 g/mol. The summed E-state index contributed by atoms with van der Waals surface area (Å²) in [6, 6.07) is 3.75. The van der Waals surface area contributed by atoms with Crippen LogP contribution in [0.4, 0.5) is 10.5 Å². The second kappa shape index (κ2) is 6.02. The smallest absolute Gasteiger partial charge is 0.327 e. The number of carboxylic acids is 1. The second-order valence-corrected chi connectivity index (χ2v) is 6.17. The highest BCUT2D eigenvalue weighted by atomic mass is 79.9. The lowest BCUT2D eigenvalue weighted by Gasteiger charge is -2.21. The molecule has 1 aliphatic heterocycles. The summed E-state index contributed by atoms with van der Waals surface area (Å²) in [6.45, 7) is 0. The van der Waals surface area contributed by atoms with Gasteiger partial charge in [-0.05, 0) is 34.1 Å². The minimum atomic E-state index is -0.990. The molecule has 2 N–H and O–H groups in total. The van der Waals surface area contributed by atoms with Crippen LogP contribution in [0.15, 0.2) is 22.7 Å². The number of rotatable bonds is 2. The Morgan fingerprint density at radius 2 is 2.26 bits per heavy atom. The minimum absolute atomic E-state index is 0.369. The quantitative estimate of drug-likeness (QED) is 0.845. The highest BCUT2D eigenvalue weighted by molar-refractivity contribution is 9.10. The van der Waals surface area contributed by atoms with E-state index >= 15 is 0 Å². The van der Waals surface area contributed by atoms with Gasteiger partial charge in [0.1, 0.15) is 6.04 Å². The van der Waals surface area contributed by atoms with Crippen LogP contribution in [0.3, 0.4) is 0 Å². The zero-order valence-corrected chi connectivity index (χ0v) is 12.8. The van der Waals surface area contributed by atoms with Crippen molar-refractivity contribution in [3.05, 3.63) is 27.7 Å². The van der Waals surface area contributed by atoms with Gasteiger partial charge in [-0.15, -0.1) is 11.8 Å². The van der Waals surface area contributed by atoms with Gasteiger partial charge in [0.05, 0.1) is 11.6 Å². The maximum Gasteiger partial charge on any atom is 0.327 e. The maximum atomic E-state index is 12.1. The molecular formula is C11H10BrClN2O3S. The standard InChI is InChI=1S/C11H10BrClN2O3S/c12-7-3-6(13)1-2-8(7)14-11(18)15-5-19-4-9(15)10(16)17/h1-3,9H,4-5H2,(H,14,18)(H,16,17). The first-order chi connectivity index (χ1) is 8.99. The number of urea groups is 1. The molecule has 5 nitrogen and oxygen atoms in total. The van der Waals surface area contributed by atoms with E-state index in [1.54, 1.807) is 18.2 Å². The first-order valence-corrected chi connectivity index (χ1v) is 7.65. The van der Waals surface area contributed by atoms with Gasteiger partial charge in [0, 0.05) is 15.2 Å². The molecule has 1 atom stereocenters. The molecule has 19 heavy (non-hydrogen) atoms. The van der Waals surface area contributed by atoms with Gasteiger partial charge in [-0.2, -0.15) is 0 Å². The lowest BCUT2D eigenvalue weighted by atomic mass is 10.3. The van der Waals surface area contributed by atoms with E-state index in [9.17, 15) is 9.59 Å².